The van der Waals surface area contributed by atoms with Crippen molar-refractivity contribution in [2.24, 2.45) is 0 Å². The van der Waals surface area contributed by atoms with Crippen molar-refractivity contribution in [2.45, 2.75) is 18.3 Å². The molecule has 4 nitrogen and oxygen atoms in total. The Kier molecular flexibility index (Phi) is 2.83. The van der Waals surface area contributed by atoms with Gasteiger partial charge in [0.15, 0.2) is 0 Å². The first-order valence-corrected chi connectivity index (χ1v) is 5.15. The molecule has 1 saturated heterocycles. The maximum absolute atomic E-state index is 11.8. The standard InChI is InChI=1S/C5H9F3N2O2S/c6-5(7,8)13(11,12)9-10-3-1-2-4-10/h9H,1-4H2. The predicted molar refractivity (Wildman–Crippen MR) is 38.9 cm³/mol. The van der Waals surface area contributed by atoms with Crippen molar-refractivity contribution in [3.8, 4) is 0 Å². The smallest absolute Gasteiger partial charge is 0.231 e. The highest BCUT2D eigenvalue weighted by Crippen LogP contribution is 2.22. The minimum atomic E-state index is -5.23. The maximum Gasteiger partial charge on any atom is 0.512 e. The zero-order chi connectivity index (χ0) is 10.1. The first-order valence-electron chi connectivity index (χ1n) is 3.66. The Morgan fingerprint density at radius 2 is 1.62 bits per heavy atom. The fraction of sp³-hybridized carbons (Fsp3) is 1.00. The highest BCUT2D eigenvalue weighted by atomic mass is 32.2. The number of nitrogens with zero attached hydrogens (tertiary/aromatic N) is 1. The largest absolute Gasteiger partial charge is 0.512 e. The molecule has 0 spiro atoms. The molecule has 0 atom stereocenters. The van der Waals surface area contributed by atoms with E-state index < -0.39 is 15.5 Å². The summed E-state index contributed by atoms with van der Waals surface area (Å²) in [6.45, 7) is 0.657. The number of sulfonamides is 1. The summed E-state index contributed by atoms with van der Waals surface area (Å²) in [5.41, 5.74) is -5.23. The number of hydrogen-bond acceptors (Lipinski definition) is 3. The van der Waals surface area contributed by atoms with E-state index in [0.717, 1.165) is 5.01 Å². The second-order valence-electron chi connectivity index (χ2n) is 2.73. The van der Waals surface area contributed by atoms with Gasteiger partial charge in [-0.25, -0.2) is 13.4 Å². The van der Waals surface area contributed by atoms with Crippen molar-refractivity contribution in [1.29, 1.82) is 0 Å². The van der Waals surface area contributed by atoms with E-state index in [9.17, 15) is 21.6 Å². The molecule has 0 aromatic heterocycles. The molecule has 1 heterocycles. The van der Waals surface area contributed by atoms with Gasteiger partial charge >= 0.3 is 15.5 Å². The van der Waals surface area contributed by atoms with Gasteiger partial charge in [0.05, 0.1) is 0 Å². The van der Waals surface area contributed by atoms with Crippen LogP contribution in [-0.2, 0) is 10.0 Å². The first-order chi connectivity index (χ1) is 5.83. The van der Waals surface area contributed by atoms with Gasteiger partial charge in [-0.05, 0) is 12.8 Å². The number of hydrazine groups is 1. The Balaban J connectivity index is 2.62. The van der Waals surface area contributed by atoms with E-state index >= 15 is 0 Å². The minimum absolute atomic E-state index is 0.329. The molecule has 1 aliphatic rings. The van der Waals surface area contributed by atoms with Crippen LogP contribution in [0.25, 0.3) is 0 Å². The summed E-state index contributed by atoms with van der Waals surface area (Å²) in [6.07, 6.45) is 1.42. The quantitative estimate of drug-likeness (QED) is 0.731. The molecule has 0 aliphatic carbocycles. The highest BCUT2D eigenvalue weighted by Gasteiger charge is 2.46. The topological polar surface area (TPSA) is 49.4 Å². The van der Waals surface area contributed by atoms with Gasteiger partial charge in [0.2, 0.25) is 0 Å². The van der Waals surface area contributed by atoms with Crippen LogP contribution in [0.4, 0.5) is 13.2 Å². The molecule has 0 amide bonds. The maximum atomic E-state index is 11.8. The summed E-state index contributed by atoms with van der Waals surface area (Å²) in [6, 6.07) is 0. The fourth-order valence-electron chi connectivity index (χ4n) is 1.03. The third-order valence-corrected chi connectivity index (χ3v) is 2.77. The summed E-state index contributed by atoms with van der Waals surface area (Å²) in [7, 11) is -5.21. The molecule has 1 aliphatic heterocycles. The molecular weight excluding hydrogens is 209 g/mol. The summed E-state index contributed by atoms with van der Waals surface area (Å²) in [4.78, 5) is 1.48. The van der Waals surface area contributed by atoms with E-state index in [0.29, 0.717) is 25.9 Å². The van der Waals surface area contributed by atoms with E-state index in [1.54, 1.807) is 0 Å². The van der Waals surface area contributed by atoms with Crippen LogP contribution >= 0.6 is 0 Å². The number of halogens is 3. The lowest BCUT2D eigenvalue weighted by Crippen LogP contribution is -2.46. The fourth-order valence-corrected chi connectivity index (χ4v) is 1.66. The molecule has 0 radical (unpaired) electrons. The first kappa shape index (κ1) is 10.7. The van der Waals surface area contributed by atoms with Gasteiger partial charge in [-0.1, -0.05) is 0 Å². The van der Waals surface area contributed by atoms with Crippen LogP contribution in [0.15, 0.2) is 0 Å². The molecule has 0 bridgehead atoms. The lowest BCUT2D eigenvalue weighted by Gasteiger charge is -2.17. The molecule has 1 rings (SSSR count). The van der Waals surface area contributed by atoms with Crippen molar-refractivity contribution in [1.82, 2.24) is 9.84 Å². The van der Waals surface area contributed by atoms with Gasteiger partial charge in [-0.3, -0.25) is 0 Å². The van der Waals surface area contributed by atoms with E-state index in [1.165, 1.54) is 4.83 Å². The third-order valence-electron chi connectivity index (χ3n) is 1.66. The van der Waals surface area contributed by atoms with Gasteiger partial charge < -0.3 is 0 Å². The molecule has 8 heteroatoms. The third kappa shape index (κ3) is 2.55. The van der Waals surface area contributed by atoms with Crippen molar-refractivity contribution < 1.29 is 21.6 Å². The average molecular weight is 218 g/mol. The SMILES string of the molecule is O=S(=O)(NN1CCCC1)C(F)(F)F. The van der Waals surface area contributed by atoms with Crippen LogP contribution < -0.4 is 4.83 Å². The molecule has 13 heavy (non-hydrogen) atoms. The van der Waals surface area contributed by atoms with Gasteiger partial charge in [-0.2, -0.15) is 13.2 Å². The van der Waals surface area contributed by atoms with Crippen molar-refractivity contribution in [3.05, 3.63) is 0 Å². The van der Waals surface area contributed by atoms with Crippen LogP contribution in [0.2, 0.25) is 0 Å². The molecule has 1 N–H and O–H groups in total. The zero-order valence-electron chi connectivity index (χ0n) is 6.63. The van der Waals surface area contributed by atoms with Gasteiger partial charge in [0.25, 0.3) is 0 Å². The average Bonchev–Trinajstić information content (AvgIpc) is 2.35. The second-order valence-corrected chi connectivity index (χ2v) is 4.39. The van der Waals surface area contributed by atoms with E-state index in [4.69, 9.17) is 0 Å². The summed E-state index contributed by atoms with van der Waals surface area (Å²) >= 11 is 0. The number of rotatable bonds is 2. The van der Waals surface area contributed by atoms with Gasteiger partial charge in [-0.15, -0.1) is 4.83 Å². The Labute approximate surface area is 73.7 Å². The molecular formula is C5H9F3N2O2S. The predicted octanol–water partition coefficient (Wildman–Crippen LogP) is 0.436. The number of hydrogen-bond donors (Lipinski definition) is 1. The highest BCUT2D eigenvalue weighted by molar-refractivity contribution is 7.90. The summed E-state index contributed by atoms with van der Waals surface area (Å²) < 4.78 is 56.5. The Hall–Kier alpha value is -0.340. The van der Waals surface area contributed by atoms with Crippen LogP contribution in [-0.4, -0.2) is 32.0 Å². The molecule has 78 valence electrons. The van der Waals surface area contributed by atoms with Gasteiger partial charge in [0, 0.05) is 13.1 Å². The second kappa shape index (κ2) is 3.43. The lowest BCUT2D eigenvalue weighted by atomic mass is 10.4. The molecule has 0 unspecified atom stereocenters. The van der Waals surface area contributed by atoms with E-state index in [1.807, 2.05) is 0 Å². The van der Waals surface area contributed by atoms with Crippen LogP contribution in [0, 0.1) is 0 Å². The number of nitrogens with one attached hydrogen (secondary N) is 1. The van der Waals surface area contributed by atoms with Crippen molar-refractivity contribution in [2.75, 3.05) is 13.1 Å². The monoisotopic (exact) mass is 218 g/mol. The Morgan fingerprint density at radius 3 is 2.00 bits per heavy atom. The van der Waals surface area contributed by atoms with Crippen LogP contribution in [0.1, 0.15) is 12.8 Å². The molecule has 0 aromatic carbocycles. The zero-order valence-corrected chi connectivity index (χ0v) is 7.45. The lowest BCUT2D eigenvalue weighted by molar-refractivity contribution is -0.0468. The van der Waals surface area contributed by atoms with E-state index in [2.05, 4.69) is 0 Å². The normalized spacial score (nSPS) is 20.8. The summed E-state index contributed by atoms with van der Waals surface area (Å²) in [5.74, 6) is 0. The van der Waals surface area contributed by atoms with Crippen molar-refractivity contribution in [3.63, 3.8) is 0 Å². The molecule has 0 saturated carbocycles. The van der Waals surface area contributed by atoms with Gasteiger partial charge in [0.1, 0.15) is 0 Å². The van der Waals surface area contributed by atoms with E-state index in [-0.39, 0.29) is 0 Å². The van der Waals surface area contributed by atoms with Crippen LogP contribution in [0.3, 0.4) is 0 Å². The summed E-state index contributed by atoms with van der Waals surface area (Å²) in [5, 5.41) is 1.06. The molecule has 1 fully saturated rings. The minimum Gasteiger partial charge on any atom is -0.231 e. The Bertz CT molecular complexity index is 268. The van der Waals surface area contributed by atoms with Crippen LogP contribution in [0.5, 0.6) is 0 Å². The van der Waals surface area contributed by atoms with Crippen molar-refractivity contribution >= 4 is 10.0 Å². The Morgan fingerprint density at radius 1 is 1.15 bits per heavy atom. The molecule has 0 aromatic rings. The number of alkyl halides is 3.